The molecule has 0 aromatic carbocycles. The fourth-order valence-electron chi connectivity index (χ4n) is 0.685. The first-order valence-corrected chi connectivity index (χ1v) is 2.78. The van der Waals surface area contributed by atoms with E-state index in [1.54, 1.807) is 18.2 Å². The number of hydrogen-bond acceptors (Lipinski definition) is 3. The van der Waals surface area contributed by atoms with Crippen molar-refractivity contribution in [1.82, 2.24) is 0 Å². The molecule has 3 nitrogen and oxygen atoms in total. The molecule has 0 aromatic rings. The van der Waals surface area contributed by atoms with Gasteiger partial charge in [-0.15, -0.1) is 0 Å². The molecule has 0 saturated heterocycles. The molecule has 0 radical (unpaired) electrons. The summed E-state index contributed by atoms with van der Waals surface area (Å²) in [6.07, 6.45) is 5.90. The van der Waals surface area contributed by atoms with Crippen molar-refractivity contribution in [3.05, 3.63) is 24.0 Å². The Morgan fingerprint density at radius 1 is 1.78 bits per heavy atom. The van der Waals surface area contributed by atoms with Gasteiger partial charge in [0.1, 0.15) is 0 Å². The third kappa shape index (κ3) is 1.55. The predicted octanol–water partition coefficient (Wildman–Crippen LogP) is 0.647. The number of rotatable bonds is 1. The molecule has 50 valence electrons. The molecule has 0 amide bonds. The zero-order chi connectivity index (χ0) is 6.69. The Kier molecular flexibility index (Phi) is 1.87. The average Bonchev–Trinajstić information content (AvgIpc) is 1.90. The second-order valence-corrected chi connectivity index (χ2v) is 1.96. The Labute approximate surface area is 53.4 Å². The molecule has 0 heterocycles. The summed E-state index contributed by atoms with van der Waals surface area (Å²) in [7, 11) is 0. The van der Waals surface area contributed by atoms with Crippen LogP contribution >= 0.6 is 0 Å². The molecule has 0 saturated carbocycles. The maximum absolute atomic E-state index is 8.12. The van der Waals surface area contributed by atoms with E-state index in [4.69, 9.17) is 11.0 Å². The molecule has 0 fully saturated rings. The highest BCUT2D eigenvalue weighted by Gasteiger charge is 2.02. The molecule has 1 atom stereocenters. The maximum Gasteiger partial charge on any atom is 0.160 e. The van der Waals surface area contributed by atoms with Gasteiger partial charge in [0.25, 0.3) is 0 Å². The highest BCUT2D eigenvalue weighted by atomic mass is 17.1. The highest BCUT2D eigenvalue weighted by molar-refractivity contribution is 5.19. The minimum Gasteiger partial charge on any atom is -0.341 e. The minimum atomic E-state index is 0.0731. The van der Waals surface area contributed by atoms with E-state index in [9.17, 15) is 0 Å². The molecule has 1 unspecified atom stereocenters. The van der Waals surface area contributed by atoms with Crippen LogP contribution in [0, 0.1) is 0 Å². The van der Waals surface area contributed by atoms with E-state index in [2.05, 4.69) is 4.89 Å². The molecular weight excluding hydrogens is 118 g/mol. The molecule has 3 N–H and O–H groups in total. The van der Waals surface area contributed by atoms with Crippen molar-refractivity contribution in [2.45, 2.75) is 12.5 Å². The van der Waals surface area contributed by atoms with Gasteiger partial charge in [-0.1, -0.05) is 6.08 Å². The minimum absolute atomic E-state index is 0.0731. The van der Waals surface area contributed by atoms with Crippen LogP contribution in [0.2, 0.25) is 0 Å². The second kappa shape index (κ2) is 2.66. The summed E-state index contributed by atoms with van der Waals surface area (Å²) in [6, 6.07) is 0.0731. The Bertz CT molecular complexity index is 151. The van der Waals surface area contributed by atoms with Crippen LogP contribution in [0.1, 0.15) is 6.42 Å². The molecule has 0 aliphatic heterocycles. The van der Waals surface area contributed by atoms with Crippen molar-refractivity contribution in [2.75, 3.05) is 0 Å². The van der Waals surface area contributed by atoms with Gasteiger partial charge in [-0.2, -0.15) is 0 Å². The van der Waals surface area contributed by atoms with E-state index in [1.807, 2.05) is 0 Å². The average molecular weight is 127 g/mol. The van der Waals surface area contributed by atoms with Gasteiger partial charge in [0.15, 0.2) is 5.76 Å². The van der Waals surface area contributed by atoms with Gasteiger partial charge in [-0.25, -0.2) is 5.26 Å². The number of nitrogens with two attached hydrogens (primary N) is 1. The van der Waals surface area contributed by atoms with Crippen LogP contribution in [-0.4, -0.2) is 11.3 Å². The van der Waals surface area contributed by atoms with E-state index in [1.165, 1.54) is 0 Å². The predicted molar refractivity (Wildman–Crippen MR) is 33.5 cm³/mol. The summed E-state index contributed by atoms with van der Waals surface area (Å²) in [4.78, 5) is 3.96. The molecule has 1 rings (SSSR count). The van der Waals surface area contributed by atoms with Crippen LogP contribution in [0.5, 0.6) is 0 Å². The lowest BCUT2D eigenvalue weighted by molar-refractivity contribution is -0.198. The first kappa shape index (κ1) is 6.32. The quantitative estimate of drug-likeness (QED) is 0.401. The lowest BCUT2D eigenvalue weighted by atomic mass is 10.1. The summed E-state index contributed by atoms with van der Waals surface area (Å²) in [5.74, 6) is 0.469. The summed E-state index contributed by atoms with van der Waals surface area (Å²) in [6.45, 7) is 0. The highest BCUT2D eigenvalue weighted by Crippen LogP contribution is 2.08. The maximum atomic E-state index is 8.12. The summed E-state index contributed by atoms with van der Waals surface area (Å²) in [5.41, 5.74) is 5.48. The topological polar surface area (TPSA) is 55.5 Å². The summed E-state index contributed by atoms with van der Waals surface area (Å²) in [5, 5.41) is 8.12. The molecular formula is C6H9NO2. The Hall–Kier alpha value is -0.800. The van der Waals surface area contributed by atoms with Gasteiger partial charge < -0.3 is 10.6 Å². The monoisotopic (exact) mass is 127 g/mol. The molecule has 3 heteroatoms. The Morgan fingerprint density at radius 2 is 2.56 bits per heavy atom. The van der Waals surface area contributed by atoms with E-state index in [0.29, 0.717) is 5.76 Å². The number of allylic oxidation sites excluding steroid dienone is 1. The zero-order valence-corrected chi connectivity index (χ0v) is 4.95. The van der Waals surface area contributed by atoms with Gasteiger partial charge in [-0.05, 0) is 18.6 Å². The van der Waals surface area contributed by atoms with Crippen LogP contribution in [0.4, 0.5) is 0 Å². The van der Waals surface area contributed by atoms with Crippen LogP contribution in [0.15, 0.2) is 24.0 Å². The smallest absolute Gasteiger partial charge is 0.160 e. The van der Waals surface area contributed by atoms with Gasteiger partial charge in [0, 0.05) is 6.04 Å². The van der Waals surface area contributed by atoms with Crippen LogP contribution < -0.4 is 5.73 Å². The first-order chi connectivity index (χ1) is 4.33. The van der Waals surface area contributed by atoms with E-state index in [0.717, 1.165) is 6.42 Å². The molecule has 1 aliphatic rings. The van der Waals surface area contributed by atoms with E-state index >= 15 is 0 Å². The van der Waals surface area contributed by atoms with Crippen molar-refractivity contribution in [3.8, 4) is 0 Å². The summed E-state index contributed by atoms with van der Waals surface area (Å²) < 4.78 is 0. The first-order valence-electron chi connectivity index (χ1n) is 2.78. The third-order valence-electron chi connectivity index (χ3n) is 1.20. The van der Waals surface area contributed by atoms with Crippen LogP contribution in [-0.2, 0) is 4.89 Å². The lowest BCUT2D eigenvalue weighted by Gasteiger charge is -2.07. The van der Waals surface area contributed by atoms with Gasteiger partial charge in [0.2, 0.25) is 0 Å². The largest absolute Gasteiger partial charge is 0.341 e. The van der Waals surface area contributed by atoms with Crippen molar-refractivity contribution >= 4 is 0 Å². The van der Waals surface area contributed by atoms with Crippen molar-refractivity contribution in [3.63, 3.8) is 0 Å². The Morgan fingerprint density at radius 3 is 3.00 bits per heavy atom. The molecule has 9 heavy (non-hydrogen) atoms. The summed E-state index contributed by atoms with van der Waals surface area (Å²) >= 11 is 0. The molecule has 0 aromatic heterocycles. The van der Waals surface area contributed by atoms with Gasteiger partial charge >= 0.3 is 0 Å². The zero-order valence-electron chi connectivity index (χ0n) is 4.95. The lowest BCUT2D eigenvalue weighted by Crippen LogP contribution is -2.17. The molecule has 0 spiro atoms. The standard InChI is InChI=1S/C6H9NO2/c7-5-1-3-6(9-8)4-2-5/h1,3-5,8H,2,7H2. The van der Waals surface area contributed by atoms with E-state index in [-0.39, 0.29) is 6.04 Å². The second-order valence-electron chi connectivity index (χ2n) is 1.96. The van der Waals surface area contributed by atoms with E-state index < -0.39 is 0 Å². The van der Waals surface area contributed by atoms with Gasteiger partial charge in [-0.3, -0.25) is 0 Å². The van der Waals surface area contributed by atoms with Crippen LogP contribution in [0.25, 0.3) is 0 Å². The van der Waals surface area contributed by atoms with Crippen molar-refractivity contribution in [2.24, 2.45) is 5.73 Å². The van der Waals surface area contributed by atoms with Crippen molar-refractivity contribution in [1.29, 1.82) is 0 Å². The number of hydrogen-bond donors (Lipinski definition) is 2. The Balaban J connectivity index is 2.52. The fourth-order valence-corrected chi connectivity index (χ4v) is 0.685. The van der Waals surface area contributed by atoms with Gasteiger partial charge in [0.05, 0.1) is 0 Å². The normalized spacial score (nSPS) is 25.6. The van der Waals surface area contributed by atoms with Crippen molar-refractivity contribution < 1.29 is 10.1 Å². The van der Waals surface area contributed by atoms with Crippen LogP contribution in [0.3, 0.4) is 0 Å². The molecule has 0 bridgehead atoms. The fraction of sp³-hybridized carbons (Fsp3) is 0.333. The third-order valence-corrected chi connectivity index (χ3v) is 1.20. The SMILES string of the molecule is NC1C=CC(OO)=CC1. The molecule has 1 aliphatic carbocycles.